The van der Waals surface area contributed by atoms with Crippen LogP contribution in [-0.2, 0) is 0 Å². The first kappa shape index (κ1) is 10.3. The molecule has 1 aliphatic carbocycles. The molecule has 0 saturated heterocycles. The van der Waals surface area contributed by atoms with E-state index in [1.807, 2.05) is 0 Å². The second kappa shape index (κ2) is 3.42. The van der Waals surface area contributed by atoms with Crippen molar-refractivity contribution in [3.8, 4) is 0 Å². The maximum absolute atomic E-state index is 12.9. The van der Waals surface area contributed by atoms with E-state index in [0.717, 1.165) is 12.8 Å². The van der Waals surface area contributed by atoms with Gasteiger partial charge in [-0.1, -0.05) is 12.1 Å². The maximum atomic E-state index is 12.9. The van der Waals surface area contributed by atoms with Gasteiger partial charge in [-0.25, -0.2) is 4.39 Å². The molecule has 0 bridgehead atoms. The summed E-state index contributed by atoms with van der Waals surface area (Å²) in [6.45, 7) is 1.73. The molecule has 2 N–H and O–H groups in total. The lowest BCUT2D eigenvalue weighted by molar-refractivity contribution is 0.0883. The van der Waals surface area contributed by atoms with Crippen molar-refractivity contribution in [1.29, 1.82) is 0 Å². The normalized spacial score (nSPS) is 19.7. The Morgan fingerprint density at radius 3 is 2.73 bits per heavy atom. The lowest BCUT2D eigenvalue weighted by Gasteiger charge is -2.22. The van der Waals surface area contributed by atoms with Crippen molar-refractivity contribution in [1.82, 2.24) is 0 Å². The van der Waals surface area contributed by atoms with Crippen LogP contribution in [0.15, 0.2) is 24.3 Å². The molecule has 0 heterocycles. The molecule has 1 aromatic rings. The van der Waals surface area contributed by atoms with E-state index in [2.05, 4.69) is 0 Å². The summed E-state index contributed by atoms with van der Waals surface area (Å²) in [5, 5.41) is 0. The number of ketones is 1. The SMILES string of the molecule is CC(N)(C(=O)c1cccc(F)c1)C1CC1. The molecule has 3 heteroatoms. The Balaban J connectivity index is 2.27. The molecule has 1 unspecified atom stereocenters. The van der Waals surface area contributed by atoms with Crippen molar-refractivity contribution in [3.63, 3.8) is 0 Å². The third-order valence-corrected chi connectivity index (χ3v) is 3.00. The van der Waals surface area contributed by atoms with Crippen molar-refractivity contribution in [3.05, 3.63) is 35.6 Å². The average Bonchev–Trinajstić information content (AvgIpc) is 2.99. The molecule has 1 atom stereocenters. The molecular formula is C12H14FNO. The monoisotopic (exact) mass is 207 g/mol. The molecule has 1 aromatic carbocycles. The summed E-state index contributed by atoms with van der Waals surface area (Å²) in [5.41, 5.74) is 5.50. The Bertz CT molecular complexity index is 396. The van der Waals surface area contributed by atoms with Crippen molar-refractivity contribution in [2.24, 2.45) is 11.7 Å². The maximum Gasteiger partial charge on any atom is 0.182 e. The smallest absolute Gasteiger partial charge is 0.182 e. The fourth-order valence-electron chi connectivity index (χ4n) is 1.81. The van der Waals surface area contributed by atoms with E-state index in [1.165, 1.54) is 18.2 Å². The van der Waals surface area contributed by atoms with Gasteiger partial charge < -0.3 is 5.73 Å². The molecular weight excluding hydrogens is 193 g/mol. The highest BCUT2D eigenvalue weighted by molar-refractivity contribution is 6.03. The predicted octanol–water partition coefficient (Wildman–Crippen LogP) is 2.14. The molecule has 1 saturated carbocycles. The van der Waals surface area contributed by atoms with Gasteiger partial charge in [-0.05, 0) is 37.8 Å². The van der Waals surface area contributed by atoms with Gasteiger partial charge in [0, 0.05) is 5.56 Å². The standard InChI is InChI=1S/C12H14FNO/c1-12(14,9-5-6-9)11(15)8-3-2-4-10(13)7-8/h2-4,7,9H,5-6,14H2,1H3. The zero-order valence-corrected chi connectivity index (χ0v) is 8.66. The van der Waals surface area contributed by atoms with Crippen LogP contribution < -0.4 is 5.73 Å². The fourth-order valence-corrected chi connectivity index (χ4v) is 1.81. The Labute approximate surface area is 88.3 Å². The van der Waals surface area contributed by atoms with E-state index < -0.39 is 11.4 Å². The lowest BCUT2D eigenvalue weighted by Crippen LogP contribution is -2.47. The summed E-state index contributed by atoms with van der Waals surface area (Å²) in [6.07, 6.45) is 1.99. The average molecular weight is 207 g/mol. The Kier molecular flexibility index (Phi) is 2.35. The van der Waals surface area contributed by atoms with Crippen LogP contribution in [0.5, 0.6) is 0 Å². The van der Waals surface area contributed by atoms with Crippen LogP contribution in [0.2, 0.25) is 0 Å². The second-order valence-electron chi connectivity index (χ2n) is 4.40. The largest absolute Gasteiger partial charge is 0.319 e. The molecule has 2 rings (SSSR count). The van der Waals surface area contributed by atoms with Gasteiger partial charge in [-0.15, -0.1) is 0 Å². The molecule has 2 nitrogen and oxygen atoms in total. The molecule has 0 radical (unpaired) electrons. The summed E-state index contributed by atoms with van der Waals surface area (Å²) < 4.78 is 12.9. The van der Waals surface area contributed by atoms with E-state index in [0.29, 0.717) is 5.56 Å². The van der Waals surface area contributed by atoms with E-state index >= 15 is 0 Å². The zero-order chi connectivity index (χ0) is 11.1. The third kappa shape index (κ3) is 1.92. The van der Waals surface area contributed by atoms with E-state index in [9.17, 15) is 9.18 Å². The van der Waals surface area contributed by atoms with Gasteiger partial charge in [0.05, 0.1) is 5.54 Å². The summed E-state index contributed by atoms with van der Waals surface area (Å²) >= 11 is 0. The van der Waals surface area contributed by atoms with Gasteiger partial charge in [-0.2, -0.15) is 0 Å². The Hall–Kier alpha value is -1.22. The van der Waals surface area contributed by atoms with Gasteiger partial charge in [0.1, 0.15) is 5.82 Å². The highest BCUT2D eigenvalue weighted by Crippen LogP contribution is 2.39. The summed E-state index contributed by atoms with van der Waals surface area (Å²) in [6, 6.07) is 5.71. The number of nitrogens with two attached hydrogens (primary N) is 1. The quantitative estimate of drug-likeness (QED) is 0.771. The van der Waals surface area contributed by atoms with Gasteiger partial charge in [0.15, 0.2) is 5.78 Å². The van der Waals surface area contributed by atoms with Crippen molar-refractivity contribution in [2.45, 2.75) is 25.3 Å². The van der Waals surface area contributed by atoms with Crippen LogP contribution >= 0.6 is 0 Å². The number of hydrogen-bond acceptors (Lipinski definition) is 2. The third-order valence-electron chi connectivity index (χ3n) is 3.00. The Morgan fingerprint density at radius 2 is 2.20 bits per heavy atom. The summed E-state index contributed by atoms with van der Waals surface area (Å²) in [5.74, 6) is -0.301. The molecule has 15 heavy (non-hydrogen) atoms. The minimum Gasteiger partial charge on any atom is -0.319 e. The zero-order valence-electron chi connectivity index (χ0n) is 8.66. The minimum absolute atomic E-state index is 0.162. The molecule has 0 aromatic heterocycles. The number of rotatable bonds is 3. The number of carbonyl (C=O) groups is 1. The van der Waals surface area contributed by atoms with Crippen LogP contribution in [0.4, 0.5) is 4.39 Å². The lowest BCUT2D eigenvalue weighted by atomic mass is 9.87. The Morgan fingerprint density at radius 1 is 1.53 bits per heavy atom. The van der Waals surface area contributed by atoms with Gasteiger partial charge in [0.25, 0.3) is 0 Å². The van der Waals surface area contributed by atoms with Gasteiger partial charge in [0.2, 0.25) is 0 Å². The number of Topliss-reactive ketones (excluding diaryl/α,β-unsaturated/α-hetero) is 1. The van der Waals surface area contributed by atoms with Gasteiger partial charge in [-0.3, -0.25) is 4.79 Å². The summed E-state index contributed by atoms with van der Waals surface area (Å²) in [4.78, 5) is 12.0. The van der Waals surface area contributed by atoms with E-state index in [-0.39, 0.29) is 11.7 Å². The summed E-state index contributed by atoms with van der Waals surface area (Å²) in [7, 11) is 0. The van der Waals surface area contributed by atoms with Crippen LogP contribution in [0.25, 0.3) is 0 Å². The highest BCUT2D eigenvalue weighted by atomic mass is 19.1. The topological polar surface area (TPSA) is 43.1 Å². The molecule has 1 aliphatic rings. The van der Waals surface area contributed by atoms with Crippen LogP contribution in [-0.4, -0.2) is 11.3 Å². The number of halogens is 1. The first-order chi connectivity index (χ1) is 7.01. The minimum atomic E-state index is -0.839. The van der Waals surface area contributed by atoms with Crippen LogP contribution in [0.1, 0.15) is 30.1 Å². The number of carbonyl (C=O) groups excluding carboxylic acids is 1. The van der Waals surface area contributed by atoms with Gasteiger partial charge >= 0.3 is 0 Å². The van der Waals surface area contributed by atoms with Crippen LogP contribution in [0, 0.1) is 11.7 Å². The molecule has 0 amide bonds. The first-order valence-electron chi connectivity index (χ1n) is 5.11. The van der Waals surface area contributed by atoms with Crippen LogP contribution in [0.3, 0.4) is 0 Å². The van der Waals surface area contributed by atoms with Crippen molar-refractivity contribution >= 4 is 5.78 Å². The second-order valence-corrected chi connectivity index (χ2v) is 4.40. The highest BCUT2D eigenvalue weighted by Gasteiger charge is 2.44. The first-order valence-corrected chi connectivity index (χ1v) is 5.11. The molecule has 0 aliphatic heterocycles. The predicted molar refractivity (Wildman–Crippen MR) is 56.0 cm³/mol. The van der Waals surface area contributed by atoms with Crippen molar-refractivity contribution in [2.75, 3.05) is 0 Å². The number of hydrogen-bond donors (Lipinski definition) is 1. The molecule has 80 valence electrons. The molecule has 0 spiro atoms. The van der Waals surface area contributed by atoms with E-state index in [1.54, 1.807) is 13.0 Å². The fraction of sp³-hybridized carbons (Fsp3) is 0.417. The van der Waals surface area contributed by atoms with E-state index in [4.69, 9.17) is 5.73 Å². The van der Waals surface area contributed by atoms with Crippen molar-refractivity contribution < 1.29 is 9.18 Å². The number of benzene rings is 1. The molecule has 1 fully saturated rings.